The summed E-state index contributed by atoms with van der Waals surface area (Å²) in [5.41, 5.74) is 8.62. The lowest BCUT2D eigenvalue weighted by Gasteiger charge is -2.34. The van der Waals surface area contributed by atoms with Crippen LogP contribution in [0.5, 0.6) is 0 Å². The van der Waals surface area contributed by atoms with E-state index in [1.54, 1.807) is 0 Å². The normalized spacial score (nSPS) is 36.3. The van der Waals surface area contributed by atoms with Crippen molar-refractivity contribution in [2.75, 3.05) is 25.4 Å². The average Bonchev–Trinajstić information content (AvgIpc) is 3.30. The minimum atomic E-state index is 0.723. The molecule has 132 valence electrons. The molecule has 3 heteroatoms. The third-order valence-corrected chi connectivity index (χ3v) is 6.86. The molecule has 0 bridgehead atoms. The molecule has 5 unspecified atom stereocenters. The molecule has 1 aromatic rings. The third-order valence-electron chi connectivity index (χ3n) is 6.86. The van der Waals surface area contributed by atoms with E-state index in [0.29, 0.717) is 0 Å². The molecular weight excluding hydrogens is 294 g/mol. The van der Waals surface area contributed by atoms with Gasteiger partial charge in [0.2, 0.25) is 0 Å². The standard InChI is InChI=1S/C21H33N3/c1-15-6-4-5-12-24(15)13-11-23-16-9-10-17-19(14-16)21(17)18-7-2-3-8-20(18)22/h2-3,7-8,15-17,19,21,23H,4-6,9-14,22H2,1H3. The van der Waals surface area contributed by atoms with Crippen molar-refractivity contribution in [3.63, 3.8) is 0 Å². The molecule has 0 spiro atoms. The molecule has 3 N–H and O–H groups in total. The van der Waals surface area contributed by atoms with Crippen molar-refractivity contribution in [2.45, 2.75) is 63.5 Å². The van der Waals surface area contributed by atoms with Crippen LogP contribution < -0.4 is 11.1 Å². The maximum absolute atomic E-state index is 6.21. The number of fused-ring (bicyclic) bond motifs is 1. The van der Waals surface area contributed by atoms with Crippen LogP contribution in [-0.2, 0) is 0 Å². The molecule has 0 aromatic heterocycles. The molecule has 0 amide bonds. The first-order chi connectivity index (χ1) is 11.7. The van der Waals surface area contributed by atoms with Crippen LogP contribution in [0.3, 0.4) is 0 Å². The van der Waals surface area contributed by atoms with Gasteiger partial charge < -0.3 is 11.1 Å². The quantitative estimate of drug-likeness (QED) is 0.812. The fraction of sp³-hybridized carbons (Fsp3) is 0.714. The van der Waals surface area contributed by atoms with Gasteiger partial charge in [0.15, 0.2) is 0 Å². The molecule has 1 saturated heterocycles. The van der Waals surface area contributed by atoms with Crippen molar-refractivity contribution in [2.24, 2.45) is 11.8 Å². The maximum atomic E-state index is 6.21. The summed E-state index contributed by atoms with van der Waals surface area (Å²) < 4.78 is 0. The summed E-state index contributed by atoms with van der Waals surface area (Å²) in [7, 11) is 0. The van der Waals surface area contributed by atoms with Crippen LogP contribution in [0.2, 0.25) is 0 Å². The highest BCUT2D eigenvalue weighted by Gasteiger charge is 2.53. The number of nitrogen functional groups attached to an aromatic ring is 1. The Labute approximate surface area is 147 Å². The molecule has 4 rings (SSSR count). The van der Waals surface area contributed by atoms with E-state index in [1.807, 2.05) is 0 Å². The van der Waals surface area contributed by atoms with Crippen LogP contribution >= 0.6 is 0 Å². The Morgan fingerprint density at radius 1 is 1.12 bits per heavy atom. The second-order valence-electron chi connectivity index (χ2n) is 8.33. The summed E-state index contributed by atoms with van der Waals surface area (Å²) in [6.07, 6.45) is 8.26. The first kappa shape index (κ1) is 16.4. The molecule has 1 aliphatic heterocycles. The summed E-state index contributed by atoms with van der Waals surface area (Å²) >= 11 is 0. The topological polar surface area (TPSA) is 41.3 Å². The minimum Gasteiger partial charge on any atom is -0.398 e. The Morgan fingerprint density at radius 2 is 2.00 bits per heavy atom. The predicted molar refractivity (Wildman–Crippen MR) is 101 cm³/mol. The predicted octanol–water partition coefficient (Wildman–Crippen LogP) is 3.61. The van der Waals surface area contributed by atoms with Gasteiger partial charge in [0.05, 0.1) is 0 Å². The van der Waals surface area contributed by atoms with Gasteiger partial charge >= 0.3 is 0 Å². The van der Waals surface area contributed by atoms with Crippen molar-refractivity contribution in [1.29, 1.82) is 0 Å². The van der Waals surface area contributed by atoms with E-state index in [2.05, 4.69) is 41.4 Å². The summed E-state index contributed by atoms with van der Waals surface area (Å²) in [5.74, 6) is 2.50. The molecule has 5 atom stereocenters. The Morgan fingerprint density at radius 3 is 2.83 bits per heavy atom. The van der Waals surface area contributed by atoms with Gasteiger partial charge in [-0.1, -0.05) is 24.6 Å². The van der Waals surface area contributed by atoms with Crippen molar-refractivity contribution >= 4 is 5.69 Å². The Balaban J connectivity index is 1.25. The van der Waals surface area contributed by atoms with Gasteiger partial charge in [-0.3, -0.25) is 4.90 Å². The lowest BCUT2D eigenvalue weighted by molar-refractivity contribution is 0.158. The molecule has 1 heterocycles. The van der Waals surface area contributed by atoms with E-state index in [9.17, 15) is 0 Å². The fourth-order valence-corrected chi connectivity index (χ4v) is 5.36. The number of nitrogens with one attached hydrogen (secondary N) is 1. The summed E-state index contributed by atoms with van der Waals surface area (Å²) in [4.78, 5) is 2.67. The molecule has 3 fully saturated rings. The first-order valence-corrected chi connectivity index (χ1v) is 10.1. The van der Waals surface area contributed by atoms with Gasteiger partial charge in [0.1, 0.15) is 0 Å². The number of nitrogens with two attached hydrogens (primary N) is 1. The van der Waals surface area contributed by atoms with Crippen LogP contribution in [0, 0.1) is 11.8 Å². The second-order valence-corrected chi connectivity index (χ2v) is 8.33. The molecule has 2 saturated carbocycles. The van der Waals surface area contributed by atoms with Gasteiger partial charge in [-0.25, -0.2) is 0 Å². The number of likely N-dealkylation sites (tertiary alicyclic amines) is 1. The van der Waals surface area contributed by atoms with Crippen LogP contribution in [0.1, 0.15) is 56.9 Å². The zero-order chi connectivity index (χ0) is 16.5. The zero-order valence-corrected chi connectivity index (χ0v) is 15.1. The molecule has 3 aliphatic rings. The molecule has 24 heavy (non-hydrogen) atoms. The molecular formula is C21H33N3. The van der Waals surface area contributed by atoms with Gasteiger partial charge in [-0.05, 0) is 75.0 Å². The second kappa shape index (κ2) is 7.05. The number of benzene rings is 1. The van der Waals surface area contributed by atoms with E-state index in [4.69, 9.17) is 5.73 Å². The van der Waals surface area contributed by atoms with Gasteiger partial charge in [-0.2, -0.15) is 0 Å². The number of hydrogen-bond donors (Lipinski definition) is 2. The zero-order valence-electron chi connectivity index (χ0n) is 15.1. The largest absolute Gasteiger partial charge is 0.398 e. The van der Waals surface area contributed by atoms with E-state index >= 15 is 0 Å². The number of rotatable bonds is 5. The van der Waals surface area contributed by atoms with Gasteiger partial charge in [0, 0.05) is 30.9 Å². The van der Waals surface area contributed by atoms with E-state index in [0.717, 1.165) is 42.1 Å². The van der Waals surface area contributed by atoms with Crippen molar-refractivity contribution in [1.82, 2.24) is 10.2 Å². The smallest absolute Gasteiger partial charge is 0.0349 e. The number of nitrogens with zero attached hydrogens (tertiary/aromatic N) is 1. The Kier molecular flexibility index (Phi) is 4.82. The molecule has 0 radical (unpaired) electrons. The van der Waals surface area contributed by atoms with Gasteiger partial charge in [-0.15, -0.1) is 0 Å². The highest BCUT2D eigenvalue weighted by Crippen LogP contribution is 2.62. The number of piperidine rings is 1. The minimum absolute atomic E-state index is 0.723. The highest BCUT2D eigenvalue weighted by atomic mass is 15.2. The highest BCUT2D eigenvalue weighted by molar-refractivity contribution is 5.51. The van der Waals surface area contributed by atoms with Crippen LogP contribution in [0.4, 0.5) is 5.69 Å². The molecule has 3 nitrogen and oxygen atoms in total. The Hall–Kier alpha value is -1.06. The van der Waals surface area contributed by atoms with E-state index < -0.39 is 0 Å². The maximum Gasteiger partial charge on any atom is 0.0349 e. The van der Waals surface area contributed by atoms with Crippen molar-refractivity contribution in [3.05, 3.63) is 29.8 Å². The van der Waals surface area contributed by atoms with Crippen molar-refractivity contribution in [3.8, 4) is 0 Å². The Bertz CT molecular complexity index is 558. The number of para-hydroxylation sites is 1. The number of anilines is 1. The van der Waals surface area contributed by atoms with Gasteiger partial charge in [0.25, 0.3) is 0 Å². The average molecular weight is 328 g/mol. The van der Waals surface area contributed by atoms with Crippen molar-refractivity contribution < 1.29 is 0 Å². The lowest BCUT2D eigenvalue weighted by atomic mass is 9.95. The van der Waals surface area contributed by atoms with Crippen LogP contribution in [0.15, 0.2) is 24.3 Å². The molecule has 2 aliphatic carbocycles. The van der Waals surface area contributed by atoms with Crippen LogP contribution in [-0.4, -0.2) is 36.6 Å². The third kappa shape index (κ3) is 3.34. The van der Waals surface area contributed by atoms with E-state index in [1.165, 1.54) is 57.2 Å². The number of hydrogen-bond acceptors (Lipinski definition) is 3. The molecule has 1 aromatic carbocycles. The fourth-order valence-electron chi connectivity index (χ4n) is 5.36. The SMILES string of the molecule is CC1CCCCN1CCNC1CCC2C(C1)C2c1ccccc1N. The lowest BCUT2D eigenvalue weighted by Crippen LogP contribution is -2.43. The van der Waals surface area contributed by atoms with E-state index in [-0.39, 0.29) is 0 Å². The summed E-state index contributed by atoms with van der Waals surface area (Å²) in [6, 6.07) is 10.0. The summed E-state index contributed by atoms with van der Waals surface area (Å²) in [6.45, 7) is 6.07. The summed E-state index contributed by atoms with van der Waals surface area (Å²) in [5, 5.41) is 3.86. The first-order valence-electron chi connectivity index (χ1n) is 10.1. The van der Waals surface area contributed by atoms with Crippen LogP contribution in [0.25, 0.3) is 0 Å². The monoisotopic (exact) mass is 327 g/mol.